The predicted molar refractivity (Wildman–Crippen MR) is 148 cm³/mol. The number of benzene rings is 1. The first-order valence-corrected chi connectivity index (χ1v) is 15.7. The third-order valence-corrected chi connectivity index (χ3v) is 7.37. The number of nitrogens with one attached hydrogen (secondary N) is 1. The van der Waals surface area contributed by atoms with Crippen molar-refractivity contribution in [2.45, 2.75) is 51.7 Å². The molecule has 7 heteroatoms. The molecule has 2 aromatic rings. The molecule has 1 N–H and O–H groups in total. The molecule has 1 aliphatic heterocycles. The first-order valence-electron chi connectivity index (χ1n) is 12.0. The van der Waals surface area contributed by atoms with Gasteiger partial charge in [-0.1, -0.05) is 30.3 Å². The van der Waals surface area contributed by atoms with Crippen LogP contribution >= 0.6 is 21.4 Å². The highest BCUT2D eigenvalue weighted by molar-refractivity contribution is 8.36. The summed E-state index contributed by atoms with van der Waals surface area (Å²) in [5, 5.41) is 6.58. The second-order valence-corrected chi connectivity index (χ2v) is 15.8. The molecule has 3 rings (SSSR count). The lowest BCUT2D eigenvalue weighted by atomic mass is 9.87. The van der Waals surface area contributed by atoms with Crippen LogP contribution in [0, 0.1) is 17.1 Å². The van der Waals surface area contributed by atoms with Crippen LogP contribution in [0.2, 0.25) is 0 Å². The molecule has 1 aromatic heterocycles. The van der Waals surface area contributed by atoms with Crippen LogP contribution in [0.4, 0.5) is 4.79 Å². The molecule has 1 atom stereocenters. The fraction of sp³-hybridized carbons (Fsp3) is 0.500. The van der Waals surface area contributed by atoms with E-state index in [1.54, 1.807) is 4.90 Å². The Bertz CT molecular complexity index is 1060. The maximum absolute atomic E-state index is 13.1. The molecule has 1 fully saturated rings. The van der Waals surface area contributed by atoms with Crippen molar-refractivity contribution in [3.63, 3.8) is 0 Å². The third-order valence-electron chi connectivity index (χ3n) is 5.65. The van der Waals surface area contributed by atoms with Crippen LogP contribution in [0.1, 0.15) is 66.2 Å². The molecule has 0 bridgehead atoms. The van der Waals surface area contributed by atoms with Gasteiger partial charge in [-0.3, -0.25) is 4.79 Å². The van der Waals surface area contributed by atoms with Gasteiger partial charge in [0.2, 0.25) is 0 Å². The summed E-state index contributed by atoms with van der Waals surface area (Å²) in [4.78, 5) is 29.0. The van der Waals surface area contributed by atoms with E-state index in [1.807, 2.05) is 51.1 Å². The van der Waals surface area contributed by atoms with E-state index in [9.17, 15) is 9.59 Å². The van der Waals surface area contributed by atoms with Gasteiger partial charge in [0.1, 0.15) is 5.60 Å². The molecular formula is C28H38N2O3S2. The Kier molecular flexibility index (Phi) is 8.95. The largest absolute Gasteiger partial charge is 0.444 e. The number of hydrogen-bond donors (Lipinski definition) is 1. The summed E-state index contributed by atoms with van der Waals surface area (Å²) in [6.45, 7) is 7.02. The standard InChI is InChI=1S/C28H38N2O3S2/c1-28(2,3)33-27(32)30-17-14-21(15-18-30)20-24(22-10-8-7-9-11-22)29-26(31)25-13-12-23(34-25)16-19-35(4,5)6/h7-13,21,24H,14-15,17-18,20H2,1-6H3,(H,29,31). The van der Waals surface area contributed by atoms with Crippen LogP contribution in [-0.2, 0) is 4.74 Å². The second-order valence-electron chi connectivity index (χ2n) is 10.8. The van der Waals surface area contributed by atoms with E-state index in [0.717, 1.165) is 29.7 Å². The molecule has 1 saturated heterocycles. The highest BCUT2D eigenvalue weighted by Gasteiger charge is 2.29. The van der Waals surface area contributed by atoms with Gasteiger partial charge >= 0.3 is 6.09 Å². The van der Waals surface area contributed by atoms with Crippen molar-refractivity contribution in [2.75, 3.05) is 31.9 Å². The first kappa shape index (κ1) is 27.2. The van der Waals surface area contributed by atoms with Gasteiger partial charge in [0.15, 0.2) is 0 Å². The van der Waals surface area contributed by atoms with Gasteiger partial charge in [-0.15, -0.1) is 11.3 Å². The monoisotopic (exact) mass is 514 g/mol. The number of nitrogens with zero attached hydrogens (tertiary/aromatic N) is 1. The Hall–Kier alpha value is -2.43. The first-order chi connectivity index (χ1) is 16.4. The zero-order chi connectivity index (χ0) is 25.6. The van der Waals surface area contributed by atoms with Crippen LogP contribution in [0.3, 0.4) is 0 Å². The number of hydrogen-bond acceptors (Lipinski definition) is 4. The lowest BCUT2D eigenvalue weighted by molar-refractivity contribution is 0.0178. The number of thiophene rings is 1. The van der Waals surface area contributed by atoms with Crippen LogP contribution in [-0.4, -0.2) is 54.4 Å². The fourth-order valence-corrected chi connectivity index (χ4v) is 5.18. The molecule has 2 heterocycles. The zero-order valence-electron chi connectivity index (χ0n) is 21.7. The Balaban J connectivity index is 1.64. The van der Waals surface area contributed by atoms with Gasteiger partial charge in [0.05, 0.1) is 15.8 Å². The molecule has 35 heavy (non-hydrogen) atoms. The van der Waals surface area contributed by atoms with E-state index in [0.29, 0.717) is 23.9 Å². The molecule has 5 nitrogen and oxygen atoms in total. The number of carbonyl (C=O) groups is 2. The summed E-state index contributed by atoms with van der Waals surface area (Å²) < 4.78 is 5.53. The summed E-state index contributed by atoms with van der Waals surface area (Å²) in [6.07, 6.45) is 8.85. The van der Waals surface area contributed by atoms with Gasteiger partial charge in [-0.05, 0) is 93.6 Å². The fourth-order valence-electron chi connectivity index (χ4n) is 3.93. The summed E-state index contributed by atoms with van der Waals surface area (Å²) in [5.41, 5.74) is 0.612. The number of carbonyl (C=O) groups excluding carboxylic acids is 2. The molecule has 0 radical (unpaired) electrons. The predicted octanol–water partition coefficient (Wildman–Crippen LogP) is 6.26. The van der Waals surface area contributed by atoms with Gasteiger partial charge in [0, 0.05) is 13.1 Å². The van der Waals surface area contributed by atoms with Crippen molar-refractivity contribution in [3.8, 4) is 11.2 Å². The highest BCUT2D eigenvalue weighted by Crippen LogP contribution is 2.33. The molecular weight excluding hydrogens is 476 g/mol. The minimum absolute atomic E-state index is 0.0637. The molecule has 1 aliphatic rings. The smallest absolute Gasteiger partial charge is 0.410 e. The van der Waals surface area contributed by atoms with Crippen LogP contribution < -0.4 is 5.32 Å². The number of rotatable bonds is 5. The maximum atomic E-state index is 13.1. The highest BCUT2D eigenvalue weighted by atomic mass is 32.3. The molecule has 0 aliphatic carbocycles. The topological polar surface area (TPSA) is 58.6 Å². The van der Waals surface area contributed by atoms with Crippen molar-refractivity contribution >= 4 is 33.4 Å². The molecule has 1 aromatic carbocycles. The van der Waals surface area contributed by atoms with E-state index in [-0.39, 0.29) is 18.0 Å². The Labute approximate surface area is 215 Å². The van der Waals surface area contributed by atoms with E-state index >= 15 is 0 Å². The van der Waals surface area contributed by atoms with Gasteiger partial charge < -0.3 is 15.0 Å². The molecule has 0 spiro atoms. The van der Waals surface area contributed by atoms with Crippen LogP contribution in [0.15, 0.2) is 42.5 Å². The van der Waals surface area contributed by atoms with Gasteiger partial charge in [0.25, 0.3) is 5.91 Å². The van der Waals surface area contributed by atoms with E-state index in [4.69, 9.17) is 4.74 Å². The van der Waals surface area contributed by atoms with E-state index < -0.39 is 15.6 Å². The van der Waals surface area contributed by atoms with Crippen molar-refractivity contribution in [3.05, 3.63) is 57.8 Å². The third kappa shape index (κ3) is 8.94. The number of amides is 2. The summed E-state index contributed by atoms with van der Waals surface area (Å²) >= 11 is 1.44. The SMILES string of the molecule is CC(C)(C)OC(=O)N1CCC(CC(NC(=O)c2ccc(C#CS(C)(C)C)s2)c2ccccc2)CC1. The average Bonchev–Trinajstić information content (AvgIpc) is 3.26. The van der Waals surface area contributed by atoms with E-state index in [2.05, 4.69) is 47.4 Å². The second kappa shape index (κ2) is 11.5. The summed E-state index contributed by atoms with van der Waals surface area (Å²) in [7, 11) is -0.911. The van der Waals surface area contributed by atoms with Gasteiger partial charge in [-0.2, -0.15) is 10.0 Å². The Morgan fingerprint density at radius 1 is 1.11 bits per heavy atom. The van der Waals surface area contributed by atoms with E-state index in [1.165, 1.54) is 11.3 Å². The van der Waals surface area contributed by atoms with Crippen molar-refractivity contribution in [2.24, 2.45) is 5.92 Å². The Morgan fingerprint density at radius 2 is 1.77 bits per heavy atom. The van der Waals surface area contributed by atoms with Crippen LogP contribution in [0.25, 0.3) is 0 Å². The quantitative estimate of drug-likeness (QED) is 0.479. The lowest BCUT2D eigenvalue weighted by Crippen LogP contribution is -2.42. The zero-order valence-corrected chi connectivity index (χ0v) is 23.4. The molecule has 1 unspecified atom stereocenters. The van der Waals surface area contributed by atoms with Crippen molar-refractivity contribution in [1.82, 2.24) is 10.2 Å². The summed E-state index contributed by atoms with van der Waals surface area (Å²) in [5.74, 6) is 3.57. The van der Waals surface area contributed by atoms with Crippen LogP contribution in [0.5, 0.6) is 0 Å². The average molecular weight is 515 g/mol. The minimum atomic E-state index is -0.911. The summed E-state index contributed by atoms with van der Waals surface area (Å²) in [6, 6.07) is 13.8. The number of likely N-dealkylation sites (tertiary alicyclic amines) is 1. The number of ether oxygens (including phenoxy) is 1. The molecule has 190 valence electrons. The number of piperidine rings is 1. The van der Waals surface area contributed by atoms with Crippen molar-refractivity contribution < 1.29 is 14.3 Å². The normalized spacial score (nSPS) is 16.1. The lowest BCUT2D eigenvalue weighted by Gasteiger charge is -2.35. The minimum Gasteiger partial charge on any atom is -0.444 e. The van der Waals surface area contributed by atoms with Gasteiger partial charge in [-0.25, -0.2) is 4.79 Å². The molecule has 0 saturated carbocycles. The Morgan fingerprint density at radius 3 is 2.37 bits per heavy atom. The van der Waals surface area contributed by atoms with Crippen molar-refractivity contribution in [1.29, 1.82) is 0 Å². The maximum Gasteiger partial charge on any atom is 0.410 e. The molecule has 2 amide bonds.